The van der Waals surface area contributed by atoms with E-state index < -0.39 is 5.60 Å². The highest BCUT2D eigenvalue weighted by Gasteiger charge is 2.56. The van der Waals surface area contributed by atoms with Gasteiger partial charge in [-0.15, -0.1) is 0 Å². The Bertz CT molecular complexity index is 195. The number of methoxy groups -OCH3 is 1. The highest BCUT2D eigenvalue weighted by Crippen LogP contribution is 2.41. The summed E-state index contributed by atoms with van der Waals surface area (Å²) in [7, 11) is 1.35. The van der Waals surface area contributed by atoms with Gasteiger partial charge in [0.1, 0.15) is 5.76 Å². The molecule has 0 saturated carbocycles. The Morgan fingerprint density at radius 1 is 1.80 bits per heavy atom. The van der Waals surface area contributed by atoms with Crippen LogP contribution in [0.1, 0.15) is 13.8 Å². The molecular weight excluding hydrogens is 132 g/mol. The average molecular weight is 142 g/mol. The van der Waals surface area contributed by atoms with E-state index in [9.17, 15) is 4.79 Å². The number of carbonyl (C=O) groups excluding carboxylic acids is 1. The van der Waals surface area contributed by atoms with Gasteiger partial charge in [-0.3, -0.25) is 0 Å². The van der Waals surface area contributed by atoms with E-state index >= 15 is 0 Å². The van der Waals surface area contributed by atoms with Crippen LogP contribution in [0.4, 0.5) is 0 Å². The van der Waals surface area contributed by atoms with Crippen molar-refractivity contribution in [2.75, 3.05) is 7.11 Å². The molecule has 0 bridgehead atoms. The molecule has 1 atom stereocenters. The molecule has 3 heteroatoms. The molecule has 10 heavy (non-hydrogen) atoms. The molecule has 1 rings (SSSR count). The van der Waals surface area contributed by atoms with Gasteiger partial charge in [0.15, 0.2) is 0 Å². The van der Waals surface area contributed by atoms with E-state index in [-0.39, 0.29) is 5.97 Å². The summed E-state index contributed by atoms with van der Waals surface area (Å²) in [6, 6.07) is 0. The molecule has 1 saturated heterocycles. The van der Waals surface area contributed by atoms with Crippen molar-refractivity contribution in [3.8, 4) is 0 Å². The molecule has 0 spiro atoms. The van der Waals surface area contributed by atoms with Gasteiger partial charge in [0.25, 0.3) is 5.60 Å². The predicted molar refractivity (Wildman–Crippen MR) is 35.3 cm³/mol. The molecular formula is C7H10O3. The molecule has 1 unspecified atom stereocenters. The molecule has 0 radical (unpaired) electrons. The highest BCUT2D eigenvalue weighted by atomic mass is 16.6. The molecule has 3 nitrogen and oxygen atoms in total. The van der Waals surface area contributed by atoms with Crippen molar-refractivity contribution in [1.82, 2.24) is 0 Å². The molecule has 0 aromatic rings. The predicted octanol–water partition coefficient (Wildman–Crippen LogP) is 0.852. The molecule has 1 heterocycles. The number of ether oxygens (including phenoxy) is 2. The summed E-state index contributed by atoms with van der Waals surface area (Å²) in [6.45, 7) is 3.51. The number of epoxide rings is 1. The second kappa shape index (κ2) is 2.01. The lowest BCUT2D eigenvalue weighted by molar-refractivity contribution is -0.146. The maximum absolute atomic E-state index is 10.9. The Kier molecular flexibility index (Phi) is 1.43. The minimum absolute atomic E-state index is 0.333. The highest BCUT2D eigenvalue weighted by molar-refractivity contribution is 5.86. The van der Waals surface area contributed by atoms with Crippen molar-refractivity contribution in [3.63, 3.8) is 0 Å². The standard InChI is InChI=1S/C7H10O3/c1-4-5-7(2,10-5)6(8)9-3/h4H,1-3H3. The third kappa shape index (κ3) is 0.781. The van der Waals surface area contributed by atoms with Crippen LogP contribution in [0.2, 0.25) is 0 Å². The Balaban J connectivity index is 2.68. The van der Waals surface area contributed by atoms with Gasteiger partial charge in [-0.25, -0.2) is 4.79 Å². The molecule has 0 N–H and O–H groups in total. The average Bonchev–Trinajstić information content (AvgIpc) is 2.61. The number of hydrogen-bond donors (Lipinski definition) is 0. The van der Waals surface area contributed by atoms with Gasteiger partial charge >= 0.3 is 5.97 Å². The molecule has 1 fully saturated rings. The van der Waals surface area contributed by atoms with Gasteiger partial charge in [0.2, 0.25) is 0 Å². The summed E-state index contributed by atoms with van der Waals surface area (Å²) >= 11 is 0. The van der Waals surface area contributed by atoms with Crippen molar-refractivity contribution < 1.29 is 14.3 Å². The van der Waals surface area contributed by atoms with Crippen LogP contribution in [0.25, 0.3) is 0 Å². The fourth-order valence-corrected chi connectivity index (χ4v) is 0.866. The van der Waals surface area contributed by atoms with E-state index in [1.54, 1.807) is 13.0 Å². The molecule has 1 aliphatic rings. The van der Waals surface area contributed by atoms with Gasteiger partial charge in [-0.05, 0) is 19.9 Å². The Morgan fingerprint density at radius 2 is 2.40 bits per heavy atom. The summed E-state index contributed by atoms with van der Waals surface area (Å²) in [5.41, 5.74) is -0.774. The maximum atomic E-state index is 10.9. The van der Waals surface area contributed by atoms with Crippen molar-refractivity contribution >= 4 is 5.97 Å². The van der Waals surface area contributed by atoms with E-state index in [2.05, 4.69) is 4.74 Å². The van der Waals surface area contributed by atoms with Crippen molar-refractivity contribution in [2.45, 2.75) is 19.4 Å². The SMILES string of the molecule is CC=C1OC1(C)C(=O)OC. The number of carbonyl (C=O) groups is 1. The zero-order valence-electron chi connectivity index (χ0n) is 6.30. The molecule has 56 valence electrons. The largest absolute Gasteiger partial charge is 0.468 e. The van der Waals surface area contributed by atoms with Crippen LogP contribution in [-0.4, -0.2) is 18.7 Å². The van der Waals surface area contributed by atoms with Gasteiger partial charge in [-0.2, -0.15) is 0 Å². The smallest absolute Gasteiger partial charge is 0.357 e. The zero-order chi connectivity index (χ0) is 7.78. The molecule has 1 aliphatic heterocycles. The van der Waals surface area contributed by atoms with Crippen LogP contribution in [0.5, 0.6) is 0 Å². The maximum Gasteiger partial charge on any atom is 0.357 e. The Morgan fingerprint density at radius 3 is 2.70 bits per heavy atom. The number of rotatable bonds is 1. The summed E-state index contributed by atoms with van der Waals surface area (Å²) in [5, 5.41) is 0. The van der Waals surface area contributed by atoms with E-state index in [1.165, 1.54) is 7.11 Å². The van der Waals surface area contributed by atoms with Gasteiger partial charge in [0, 0.05) is 0 Å². The first-order valence-electron chi connectivity index (χ1n) is 3.09. The lowest BCUT2D eigenvalue weighted by Gasteiger charge is -1.97. The normalized spacial score (nSPS) is 33.3. The number of hydrogen-bond acceptors (Lipinski definition) is 3. The first kappa shape index (κ1) is 7.12. The lowest BCUT2D eigenvalue weighted by Crippen LogP contribution is -2.20. The van der Waals surface area contributed by atoms with E-state index in [4.69, 9.17) is 4.74 Å². The fourth-order valence-electron chi connectivity index (χ4n) is 0.866. The van der Waals surface area contributed by atoms with E-state index in [0.29, 0.717) is 5.76 Å². The lowest BCUT2D eigenvalue weighted by atomic mass is 10.2. The number of allylic oxidation sites excluding steroid dienone is 1. The minimum Gasteiger partial charge on any atom is -0.468 e. The monoisotopic (exact) mass is 142 g/mol. The van der Waals surface area contributed by atoms with Crippen LogP contribution in [-0.2, 0) is 14.3 Å². The van der Waals surface area contributed by atoms with Crippen molar-refractivity contribution in [2.24, 2.45) is 0 Å². The quantitative estimate of drug-likeness (QED) is 0.402. The fraction of sp³-hybridized carbons (Fsp3) is 0.571. The summed E-state index contributed by atoms with van der Waals surface area (Å²) in [6.07, 6.45) is 1.76. The summed E-state index contributed by atoms with van der Waals surface area (Å²) < 4.78 is 9.50. The van der Waals surface area contributed by atoms with Crippen LogP contribution >= 0.6 is 0 Å². The zero-order valence-corrected chi connectivity index (χ0v) is 6.30. The van der Waals surface area contributed by atoms with Crippen molar-refractivity contribution in [3.05, 3.63) is 11.8 Å². The van der Waals surface area contributed by atoms with Crippen LogP contribution in [0, 0.1) is 0 Å². The third-order valence-corrected chi connectivity index (χ3v) is 1.58. The van der Waals surface area contributed by atoms with Crippen LogP contribution < -0.4 is 0 Å². The van der Waals surface area contributed by atoms with E-state index in [0.717, 1.165) is 0 Å². The van der Waals surface area contributed by atoms with Crippen molar-refractivity contribution in [1.29, 1.82) is 0 Å². The van der Waals surface area contributed by atoms with Crippen LogP contribution in [0.15, 0.2) is 11.8 Å². The first-order chi connectivity index (χ1) is 4.65. The topological polar surface area (TPSA) is 38.8 Å². The second-order valence-electron chi connectivity index (χ2n) is 2.28. The molecule has 0 aromatic heterocycles. The summed E-state index contributed by atoms with van der Waals surface area (Å²) in [4.78, 5) is 10.9. The van der Waals surface area contributed by atoms with Crippen LogP contribution in [0.3, 0.4) is 0 Å². The second-order valence-corrected chi connectivity index (χ2v) is 2.28. The van der Waals surface area contributed by atoms with Gasteiger partial charge in [-0.1, -0.05) is 0 Å². The molecule has 0 aliphatic carbocycles. The Labute approximate surface area is 59.6 Å². The van der Waals surface area contributed by atoms with Gasteiger partial charge < -0.3 is 9.47 Å². The van der Waals surface area contributed by atoms with E-state index in [1.807, 2.05) is 6.92 Å². The molecule has 0 aromatic carbocycles. The Hall–Kier alpha value is -0.990. The summed E-state index contributed by atoms with van der Waals surface area (Å²) in [5.74, 6) is 0.361. The number of esters is 1. The first-order valence-corrected chi connectivity index (χ1v) is 3.09. The third-order valence-electron chi connectivity index (χ3n) is 1.58. The van der Waals surface area contributed by atoms with Gasteiger partial charge in [0.05, 0.1) is 7.11 Å². The molecule has 0 amide bonds. The minimum atomic E-state index is -0.774.